The highest BCUT2D eigenvalue weighted by Crippen LogP contribution is 2.34. The zero-order chi connectivity index (χ0) is 15.6. The molecule has 0 unspecified atom stereocenters. The van der Waals surface area contributed by atoms with Gasteiger partial charge in [-0.05, 0) is 25.1 Å². The van der Waals surface area contributed by atoms with Crippen LogP contribution in [0.3, 0.4) is 0 Å². The van der Waals surface area contributed by atoms with Crippen LogP contribution in [0.1, 0.15) is 21.7 Å². The number of aryl methyl sites for hydroxylation is 1. The summed E-state index contributed by atoms with van der Waals surface area (Å²) in [4.78, 5) is 19.6. The van der Waals surface area contributed by atoms with E-state index < -0.39 is 23.4 Å². The number of alkyl halides is 3. The molecular formula is C13H10F3N3O2. The summed E-state index contributed by atoms with van der Waals surface area (Å²) in [5.74, 6) is -1.23. The molecule has 5 nitrogen and oxygen atoms in total. The van der Waals surface area contributed by atoms with E-state index in [-0.39, 0.29) is 11.4 Å². The number of nitrogens with one attached hydrogen (secondary N) is 1. The molecule has 0 aliphatic rings. The van der Waals surface area contributed by atoms with Crippen molar-refractivity contribution in [2.45, 2.75) is 13.1 Å². The molecule has 1 aromatic carbocycles. The Bertz CT molecular complexity index is 687. The van der Waals surface area contributed by atoms with Crippen LogP contribution in [0.4, 0.5) is 18.9 Å². The maximum Gasteiger partial charge on any atom is 0.416 e. The molecule has 110 valence electrons. The number of carbonyl (C=O) groups is 1. The van der Waals surface area contributed by atoms with E-state index in [1.165, 1.54) is 19.3 Å². The van der Waals surface area contributed by atoms with E-state index >= 15 is 0 Å². The Labute approximate surface area is 117 Å². The zero-order valence-corrected chi connectivity index (χ0v) is 10.8. The van der Waals surface area contributed by atoms with Crippen LogP contribution in [0, 0.1) is 6.92 Å². The molecule has 2 aromatic rings. The van der Waals surface area contributed by atoms with Crippen molar-refractivity contribution in [3.8, 4) is 5.75 Å². The minimum Gasteiger partial charge on any atom is -0.506 e. The second-order valence-corrected chi connectivity index (χ2v) is 4.17. The van der Waals surface area contributed by atoms with E-state index in [9.17, 15) is 23.1 Å². The Morgan fingerprint density at radius 2 is 1.90 bits per heavy atom. The Hall–Kier alpha value is -2.64. The Morgan fingerprint density at radius 1 is 1.24 bits per heavy atom. The molecule has 0 fully saturated rings. The molecule has 1 amide bonds. The fourth-order valence-corrected chi connectivity index (χ4v) is 1.62. The number of anilines is 1. The molecule has 21 heavy (non-hydrogen) atoms. The monoisotopic (exact) mass is 297 g/mol. The van der Waals surface area contributed by atoms with Crippen molar-refractivity contribution >= 4 is 11.6 Å². The largest absolute Gasteiger partial charge is 0.506 e. The average Bonchev–Trinajstić information content (AvgIpc) is 2.40. The predicted molar refractivity (Wildman–Crippen MR) is 67.8 cm³/mol. The molecular weight excluding hydrogens is 287 g/mol. The first kappa shape index (κ1) is 14.8. The fraction of sp³-hybridized carbons (Fsp3) is 0.154. The number of carbonyl (C=O) groups excluding carboxylic acids is 1. The van der Waals surface area contributed by atoms with Crippen LogP contribution in [-0.4, -0.2) is 21.0 Å². The Balaban J connectivity index is 2.31. The summed E-state index contributed by atoms with van der Waals surface area (Å²) >= 11 is 0. The standard InChI is InChI=1S/C13H10F3N3O2/c1-7-11(18-5-4-17-7)12(21)19-9-6-8(13(14,15)16)2-3-10(9)20/h2-6,20H,1H3,(H,19,21). The smallest absolute Gasteiger partial charge is 0.416 e. The van der Waals surface area contributed by atoms with Crippen molar-refractivity contribution in [1.29, 1.82) is 0 Å². The molecule has 2 rings (SSSR count). The Kier molecular flexibility index (Phi) is 3.79. The van der Waals surface area contributed by atoms with Gasteiger partial charge >= 0.3 is 6.18 Å². The number of nitrogens with zero attached hydrogens (tertiary/aromatic N) is 2. The number of benzene rings is 1. The fourth-order valence-electron chi connectivity index (χ4n) is 1.62. The van der Waals surface area contributed by atoms with Crippen molar-refractivity contribution in [3.05, 3.63) is 47.5 Å². The number of hydrogen-bond acceptors (Lipinski definition) is 4. The van der Waals surface area contributed by atoms with Gasteiger partial charge in [-0.25, -0.2) is 4.98 Å². The lowest BCUT2D eigenvalue weighted by molar-refractivity contribution is -0.137. The van der Waals surface area contributed by atoms with Crippen LogP contribution >= 0.6 is 0 Å². The van der Waals surface area contributed by atoms with E-state index in [0.717, 1.165) is 12.1 Å². The highest BCUT2D eigenvalue weighted by Gasteiger charge is 2.31. The summed E-state index contributed by atoms with van der Waals surface area (Å²) in [7, 11) is 0. The lowest BCUT2D eigenvalue weighted by Crippen LogP contribution is -2.16. The first-order chi connectivity index (χ1) is 9.79. The minimum absolute atomic E-state index is 0.0330. The predicted octanol–water partition coefficient (Wildman–Crippen LogP) is 2.76. The van der Waals surface area contributed by atoms with Crippen molar-refractivity contribution in [3.63, 3.8) is 0 Å². The number of phenols is 1. The summed E-state index contributed by atoms with van der Waals surface area (Å²) in [5, 5.41) is 11.7. The summed E-state index contributed by atoms with van der Waals surface area (Å²) in [6.45, 7) is 1.54. The zero-order valence-electron chi connectivity index (χ0n) is 10.8. The summed E-state index contributed by atoms with van der Waals surface area (Å²) in [6.07, 6.45) is -1.91. The van der Waals surface area contributed by atoms with Gasteiger partial charge in [0.1, 0.15) is 11.4 Å². The normalized spacial score (nSPS) is 11.2. The highest BCUT2D eigenvalue weighted by molar-refractivity contribution is 6.04. The number of aromatic nitrogens is 2. The van der Waals surface area contributed by atoms with Crippen LogP contribution < -0.4 is 5.32 Å². The summed E-state index contributed by atoms with van der Waals surface area (Å²) in [5.41, 5.74) is -1.04. The second-order valence-electron chi connectivity index (χ2n) is 4.17. The topological polar surface area (TPSA) is 75.1 Å². The average molecular weight is 297 g/mol. The van der Waals surface area contributed by atoms with Crippen LogP contribution in [0.5, 0.6) is 5.75 Å². The van der Waals surface area contributed by atoms with Crippen molar-refractivity contribution in [1.82, 2.24) is 9.97 Å². The molecule has 0 atom stereocenters. The van der Waals surface area contributed by atoms with Gasteiger partial charge in [-0.3, -0.25) is 9.78 Å². The molecule has 8 heteroatoms. The molecule has 1 heterocycles. The Morgan fingerprint density at radius 3 is 2.52 bits per heavy atom. The van der Waals surface area contributed by atoms with Crippen molar-refractivity contribution < 1.29 is 23.1 Å². The molecule has 0 radical (unpaired) electrons. The molecule has 1 aromatic heterocycles. The molecule has 0 bridgehead atoms. The molecule has 0 aliphatic heterocycles. The highest BCUT2D eigenvalue weighted by atomic mass is 19.4. The van der Waals surface area contributed by atoms with Crippen LogP contribution in [-0.2, 0) is 6.18 Å². The van der Waals surface area contributed by atoms with E-state index in [2.05, 4.69) is 15.3 Å². The maximum absolute atomic E-state index is 12.6. The molecule has 0 spiro atoms. The van der Waals surface area contributed by atoms with E-state index in [0.29, 0.717) is 11.8 Å². The van der Waals surface area contributed by atoms with Gasteiger partial charge in [0.25, 0.3) is 5.91 Å². The van der Waals surface area contributed by atoms with Crippen LogP contribution in [0.15, 0.2) is 30.6 Å². The van der Waals surface area contributed by atoms with Crippen molar-refractivity contribution in [2.24, 2.45) is 0 Å². The van der Waals surface area contributed by atoms with Crippen LogP contribution in [0.25, 0.3) is 0 Å². The summed E-state index contributed by atoms with van der Waals surface area (Å²) < 4.78 is 37.8. The second kappa shape index (κ2) is 5.39. The number of aromatic hydroxyl groups is 1. The number of rotatable bonds is 2. The molecule has 0 saturated carbocycles. The first-order valence-corrected chi connectivity index (χ1v) is 5.78. The SMILES string of the molecule is Cc1nccnc1C(=O)Nc1cc(C(F)(F)F)ccc1O. The van der Waals surface area contributed by atoms with E-state index in [1.807, 2.05) is 0 Å². The molecule has 0 saturated heterocycles. The minimum atomic E-state index is -4.57. The van der Waals surface area contributed by atoms with Gasteiger partial charge in [0, 0.05) is 12.4 Å². The molecule has 0 aliphatic carbocycles. The quantitative estimate of drug-likeness (QED) is 0.836. The van der Waals surface area contributed by atoms with Gasteiger partial charge < -0.3 is 10.4 Å². The number of hydrogen-bond donors (Lipinski definition) is 2. The van der Waals surface area contributed by atoms with Crippen molar-refractivity contribution in [2.75, 3.05) is 5.32 Å². The lowest BCUT2D eigenvalue weighted by atomic mass is 10.1. The van der Waals surface area contributed by atoms with Gasteiger partial charge in [-0.15, -0.1) is 0 Å². The van der Waals surface area contributed by atoms with E-state index in [1.54, 1.807) is 0 Å². The number of phenolic OH excluding ortho intramolecular Hbond substituents is 1. The maximum atomic E-state index is 12.6. The molecule has 2 N–H and O–H groups in total. The number of halogens is 3. The first-order valence-electron chi connectivity index (χ1n) is 5.78. The summed E-state index contributed by atoms with van der Waals surface area (Å²) in [6, 6.07) is 2.24. The van der Waals surface area contributed by atoms with E-state index in [4.69, 9.17) is 0 Å². The van der Waals surface area contributed by atoms with Gasteiger partial charge in [-0.1, -0.05) is 0 Å². The third kappa shape index (κ3) is 3.28. The lowest BCUT2D eigenvalue weighted by Gasteiger charge is -2.11. The third-order valence-electron chi connectivity index (χ3n) is 2.67. The van der Waals surface area contributed by atoms with Gasteiger partial charge in [0.05, 0.1) is 16.9 Å². The van der Waals surface area contributed by atoms with Gasteiger partial charge in [0.15, 0.2) is 0 Å². The van der Waals surface area contributed by atoms with Gasteiger partial charge in [-0.2, -0.15) is 13.2 Å². The third-order valence-corrected chi connectivity index (χ3v) is 2.67. The number of amides is 1. The van der Waals surface area contributed by atoms with Crippen LogP contribution in [0.2, 0.25) is 0 Å². The van der Waals surface area contributed by atoms with Gasteiger partial charge in [0.2, 0.25) is 0 Å².